The van der Waals surface area contributed by atoms with Gasteiger partial charge in [-0.3, -0.25) is 9.59 Å². The molecule has 0 aliphatic carbocycles. The van der Waals surface area contributed by atoms with Gasteiger partial charge in [-0.25, -0.2) is 4.39 Å². The van der Waals surface area contributed by atoms with Crippen molar-refractivity contribution in [1.29, 1.82) is 0 Å². The van der Waals surface area contributed by atoms with Gasteiger partial charge in [0, 0.05) is 61.9 Å². The standard InChI is InChI=1S/C33H34ClFN4O5/c1-18-21(7-6-10-27(18)37-30(40)25-16-38(2)32-33(44-32)39(3)31(25)41)23-9-5-8-22(29(23)34)19-13-26(35)24(28(14-19)42-4)15-36-20-11-12-43-17-20/h5-10,13-14,16,20,32-33,36H,11-12,15,17H2,1-4H3,(H,37,40)/t20-,32?,33?/m0/s1. The molecule has 11 heteroatoms. The number of nitrogens with one attached hydrogen (secondary N) is 2. The van der Waals surface area contributed by atoms with Gasteiger partial charge in [0.25, 0.3) is 11.8 Å². The first-order valence-electron chi connectivity index (χ1n) is 14.4. The third kappa shape index (κ3) is 5.66. The number of halogens is 2. The monoisotopic (exact) mass is 620 g/mol. The van der Waals surface area contributed by atoms with Crippen molar-refractivity contribution in [3.05, 3.63) is 82.3 Å². The predicted molar refractivity (Wildman–Crippen MR) is 166 cm³/mol. The van der Waals surface area contributed by atoms with E-state index in [1.807, 2.05) is 37.3 Å². The average molecular weight is 621 g/mol. The van der Waals surface area contributed by atoms with E-state index in [4.69, 9.17) is 25.8 Å². The van der Waals surface area contributed by atoms with Crippen LogP contribution in [0.15, 0.2) is 60.3 Å². The number of carbonyl (C=O) groups is 2. The van der Waals surface area contributed by atoms with Crippen LogP contribution in [0.25, 0.3) is 22.3 Å². The summed E-state index contributed by atoms with van der Waals surface area (Å²) in [5.74, 6) is -0.902. The smallest absolute Gasteiger partial charge is 0.262 e. The van der Waals surface area contributed by atoms with Crippen molar-refractivity contribution in [3.63, 3.8) is 0 Å². The quantitative estimate of drug-likeness (QED) is 0.273. The van der Waals surface area contributed by atoms with Crippen molar-refractivity contribution < 1.29 is 28.2 Å². The van der Waals surface area contributed by atoms with Gasteiger partial charge in [-0.05, 0) is 48.2 Å². The first-order valence-corrected chi connectivity index (χ1v) is 14.8. The third-order valence-corrected chi connectivity index (χ3v) is 8.82. The zero-order valence-electron chi connectivity index (χ0n) is 24.9. The van der Waals surface area contributed by atoms with Gasteiger partial charge in [-0.1, -0.05) is 41.9 Å². The maximum absolute atomic E-state index is 15.5. The molecule has 44 heavy (non-hydrogen) atoms. The van der Waals surface area contributed by atoms with Gasteiger partial charge in [0.2, 0.25) is 0 Å². The molecule has 2 N–H and O–H groups in total. The number of benzene rings is 3. The number of likely N-dealkylation sites (N-methyl/N-ethyl adjacent to an activating group) is 2. The fourth-order valence-corrected chi connectivity index (χ4v) is 6.09. The average Bonchev–Trinajstić information content (AvgIpc) is 3.67. The number of epoxide rings is 1. The molecular weight excluding hydrogens is 587 g/mol. The molecule has 0 bridgehead atoms. The highest BCUT2D eigenvalue weighted by Gasteiger charge is 2.50. The van der Waals surface area contributed by atoms with Gasteiger partial charge < -0.3 is 34.6 Å². The Morgan fingerprint density at radius 2 is 1.86 bits per heavy atom. The minimum atomic E-state index is -0.521. The van der Waals surface area contributed by atoms with Gasteiger partial charge in [0.15, 0.2) is 12.5 Å². The molecule has 3 aliphatic heterocycles. The van der Waals surface area contributed by atoms with Crippen molar-refractivity contribution in [2.24, 2.45) is 0 Å². The molecule has 3 heterocycles. The van der Waals surface area contributed by atoms with Crippen LogP contribution >= 0.6 is 11.6 Å². The summed E-state index contributed by atoms with van der Waals surface area (Å²) in [5.41, 5.74) is 4.47. The van der Waals surface area contributed by atoms with Crippen LogP contribution in [-0.4, -0.2) is 74.5 Å². The summed E-state index contributed by atoms with van der Waals surface area (Å²) >= 11 is 7.00. The second kappa shape index (κ2) is 12.2. The van der Waals surface area contributed by atoms with E-state index in [9.17, 15) is 9.59 Å². The zero-order valence-corrected chi connectivity index (χ0v) is 25.7. The second-order valence-electron chi connectivity index (χ2n) is 11.2. The Morgan fingerprint density at radius 3 is 2.61 bits per heavy atom. The number of fused-ring (bicyclic) bond motifs is 1. The Labute approximate surface area is 260 Å². The van der Waals surface area contributed by atoms with Gasteiger partial charge in [-0.2, -0.15) is 0 Å². The van der Waals surface area contributed by atoms with Crippen LogP contribution in [0.2, 0.25) is 5.02 Å². The third-order valence-electron chi connectivity index (χ3n) is 8.41. The molecule has 3 atom stereocenters. The van der Waals surface area contributed by atoms with Gasteiger partial charge >= 0.3 is 0 Å². The molecule has 3 aromatic rings. The predicted octanol–water partition coefficient (Wildman–Crippen LogP) is 4.92. The number of amides is 2. The molecule has 6 rings (SSSR count). The van der Waals surface area contributed by atoms with E-state index in [0.29, 0.717) is 58.5 Å². The maximum Gasteiger partial charge on any atom is 0.262 e. The Balaban J connectivity index is 1.28. The topological polar surface area (TPSA) is 95.7 Å². The van der Waals surface area contributed by atoms with Crippen LogP contribution in [0.5, 0.6) is 5.75 Å². The number of ether oxygens (including phenoxy) is 3. The summed E-state index contributed by atoms with van der Waals surface area (Å²) in [7, 11) is 4.90. The van der Waals surface area contributed by atoms with Gasteiger partial charge in [-0.15, -0.1) is 0 Å². The van der Waals surface area contributed by atoms with E-state index in [0.717, 1.165) is 17.5 Å². The van der Waals surface area contributed by atoms with E-state index in [1.165, 1.54) is 24.3 Å². The molecule has 3 aromatic carbocycles. The zero-order chi connectivity index (χ0) is 31.1. The summed E-state index contributed by atoms with van der Waals surface area (Å²) in [6.45, 7) is 3.50. The fourth-order valence-electron chi connectivity index (χ4n) is 5.75. The van der Waals surface area contributed by atoms with E-state index in [2.05, 4.69) is 10.6 Å². The highest BCUT2D eigenvalue weighted by Crippen LogP contribution is 2.41. The number of anilines is 1. The lowest BCUT2D eigenvalue weighted by atomic mass is 9.94. The summed E-state index contributed by atoms with van der Waals surface area (Å²) in [4.78, 5) is 29.4. The normalized spacial score (nSPS) is 21.1. The second-order valence-corrected chi connectivity index (χ2v) is 11.6. The lowest BCUT2D eigenvalue weighted by Gasteiger charge is -2.18. The van der Waals surface area contributed by atoms with E-state index in [1.54, 1.807) is 31.1 Å². The molecule has 2 saturated heterocycles. The van der Waals surface area contributed by atoms with Gasteiger partial charge in [0.1, 0.15) is 17.1 Å². The van der Waals surface area contributed by atoms with Crippen LogP contribution in [0.4, 0.5) is 10.1 Å². The van der Waals surface area contributed by atoms with Crippen molar-refractivity contribution in [2.75, 3.05) is 39.7 Å². The summed E-state index contributed by atoms with van der Waals surface area (Å²) in [6.07, 6.45) is 1.77. The highest BCUT2D eigenvalue weighted by molar-refractivity contribution is 6.36. The first-order chi connectivity index (χ1) is 21.2. The number of hydrogen-bond acceptors (Lipinski definition) is 7. The summed E-state index contributed by atoms with van der Waals surface area (Å²) < 4.78 is 31.9. The minimum Gasteiger partial charge on any atom is -0.496 e. The number of carbonyl (C=O) groups excluding carboxylic acids is 2. The molecule has 9 nitrogen and oxygen atoms in total. The molecule has 230 valence electrons. The summed E-state index contributed by atoms with van der Waals surface area (Å²) in [5, 5.41) is 6.67. The van der Waals surface area contributed by atoms with E-state index < -0.39 is 17.6 Å². The number of hydrogen-bond donors (Lipinski definition) is 2. The lowest BCUT2D eigenvalue weighted by Crippen LogP contribution is -2.34. The number of nitrogens with zero attached hydrogens (tertiary/aromatic N) is 2. The van der Waals surface area contributed by atoms with E-state index in [-0.39, 0.29) is 24.1 Å². The number of methoxy groups -OCH3 is 1. The Morgan fingerprint density at radius 1 is 1.11 bits per heavy atom. The lowest BCUT2D eigenvalue weighted by molar-refractivity contribution is -0.129. The highest BCUT2D eigenvalue weighted by atomic mass is 35.5. The van der Waals surface area contributed by atoms with Crippen LogP contribution in [-0.2, 0) is 25.6 Å². The Hall–Kier alpha value is -3.96. The molecule has 0 radical (unpaired) electrons. The first kappa shape index (κ1) is 30.1. The molecular formula is C33H34ClFN4O5. The van der Waals surface area contributed by atoms with Crippen LogP contribution in [0.3, 0.4) is 0 Å². The maximum atomic E-state index is 15.5. The molecule has 2 unspecified atom stereocenters. The van der Waals surface area contributed by atoms with Crippen LogP contribution in [0, 0.1) is 12.7 Å². The fraction of sp³-hybridized carbons (Fsp3) is 0.333. The molecule has 0 spiro atoms. The van der Waals surface area contributed by atoms with Crippen LogP contribution in [0.1, 0.15) is 17.5 Å². The Bertz CT molecular complexity index is 1660. The summed E-state index contributed by atoms with van der Waals surface area (Å²) in [6, 6.07) is 14.5. The van der Waals surface area contributed by atoms with Crippen molar-refractivity contribution in [2.45, 2.75) is 38.4 Å². The molecule has 2 fully saturated rings. The largest absolute Gasteiger partial charge is 0.496 e. The van der Waals surface area contributed by atoms with Crippen molar-refractivity contribution >= 4 is 29.1 Å². The van der Waals surface area contributed by atoms with Gasteiger partial charge in [0.05, 0.1) is 18.7 Å². The minimum absolute atomic E-state index is 0.0156. The number of rotatable bonds is 8. The Kier molecular flexibility index (Phi) is 8.34. The molecule has 0 aromatic heterocycles. The SMILES string of the molecule is COc1cc(-c2cccc(-c3cccc(NC(=O)C4=CN(C)C5OC5N(C)C4=O)c3C)c2Cl)cc(F)c1CN[C@H]1CCOC1. The van der Waals surface area contributed by atoms with E-state index >= 15 is 4.39 Å². The van der Waals surface area contributed by atoms with Crippen LogP contribution < -0.4 is 15.4 Å². The van der Waals surface area contributed by atoms with Crippen molar-refractivity contribution in [1.82, 2.24) is 15.1 Å². The molecule has 2 amide bonds. The molecule has 0 saturated carbocycles. The molecule has 3 aliphatic rings. The van der Waals surface area contributed by atoms with Crippen molar-refractivity contribution in [3.8, 4) is 28.0 Å².